The van der Waals surface area contributed by atoms with Gasteiger partial charge in [0.25, 0.3) is 0 Å². The molecule has 2 aliphatic heterocycles. The van der Waals surface area contributed by atoms with Gasteiger partial charge in [-0.05, 0) is 51.7 Å². The minimum Gasteiger partial charge on any atom is -0.444 e. The molecule has 3 heterocycles. The molecule has 114 valence electrons. The van der Waals surface area contributed by atoms with Gasteiger partial charge >= 0.3 is 6.09 Å². The van der Waals surface area contributed by atoms with E-state index in [1.54, 1.807) is 0 Å². The lowest BCUT2D eigenvalue weighted by molar-refractivity contribution is 0.0175. The lowest BCUT2D eigenvalue weighted by Crippen LogP contribution is -2.45. The first kappa shape index (κ1) is 14.2. The second-order valence-electron chi connectivity index (χ2n) is 6.96. The maximum atomic E-state index is 12.4. The van der Waals surface area contributed by atoms with Gasteiger partial charge in [-0.25, -0.2) is 4.79 Å². The molecule has 5 heteroatoms. The zero-order chi connectivity index (χ0) is 15.2. The average molecular weight is 289 g/mol. The Morgan fingerprint density at radius 3 is 2.71 bits per heavy atom. The average Bonchev–Trinajstić information content (AvgIpc) is 2.89. The first-order valence-electron chi connectivity index (χ1n) is 7.55. The molecule has 2 aliphatic rings. The van der Waals surface area contributed by atoms with Gasteiger partial charge in [0.15, 0.2) is 0 Å². The van der Waals surface area contributed by atoms with E-state index in [0.717, 1.165) is 25.0 Å². The Morgan fingerprint density at radius 2 is 2.14 bits per heavy atom. The molecule has 0 radical (unpaired) electrons. The number of nitrogens with zero attached hydrogens (tertiary/aromatic N) is 3. The smallest absolute Gasteiger partial charge is 0.411 e. The lowest BCUT2D eigenvalue weighted by atomic mass is 9.99. The van der Waals surface area contributed by atoms with Crippen LogP contribution in [-0.4, -0.2) is 38.5 Å². The molecule has 2 atom stereocenters. The molecule has 5 nitrogen and oxygen atoms in total. The fraction of sp³-hybridized carbons (Fsp3) is 0.625. The van der Waals surface area contributed by atoms with Crippen molar-refractivity contribution >= 4 is 11.7 Å². The van der Waals surface area contributed by atoms with E-state index in [0.29, 0.717) is 0 Å². The van der Waals surface area contributed by atoms with Crippen LogP contribution in [0.15, 0.2) is 18.3 Å². The number of aryl methyl sites for hydroxylation is 1. The fourth-order valence-corrected chi connectivity index (χ4v) is 3.21. The zero-order valence-corrected chi connectivity index (χ0v) is 13.2. The van der Waals surface area contributed by atoms with Gasteiger partial charge in [0.05, 0.1) is 11.7 Å². The van der Waals surface area contributed by atoms with Gasteiger partial charge in [-0.1, -0.05) is 6.08 Å². The van der Waals surface area contributed by atoms with E-state index in [-0.39, 0.29) is 18.2 Å². The van der Waals surface area contributed by atoms with Crippen molar-refractivity contribution in [2.24, 2.45) is 7.05 Å². The van der Waals surface area contributed by atoms with Crippen LogP contribution in [0.25, 0.3) is 5.57 Å². The third-order valence-corrected chi connectivity index (χ3v) is 4.04. The molecule has 1 aromatic rings. The molecule has 0 spiro atoms. The molecule has 1 fully saturated rings. The van der Waals surface area contributed by atoms with Crippen LogP contribution in [-0.2, 0) is 11.8 Å². The van der Waals surface area contributed by atoms with E-state index in [9.17, 15) is 4.79 Å². The van der Waals surface area contributed by atoms with Crippen LogP contribution in [0.3, 0.4) is 0 Å². The molecular weight excluding hydrogens is 266 g/mol. The molecule has 2 bridgehead atoms. The molecule has 1 amide bonds. The molecule has 0 aromatic carbocycles. The van der Waals surface area contributed by atoms with Crippen LogP contribution < -0.4 is 0 Å². The Hall–Kier alpha value is -1.78. The Kier molecular flexibility index (Phi) is 3.30. The standard InChI is InChI=1S/C16H23N3O2/c1-16(2,3)21-15(20)19-12-5-6-13(19)10-11(9-12)14-7-8-18(4)17-14/h7-9,12-13H,5-6,10H2,1-4H3. The first-order chi connectivity index (χ1) is 9.83. The molecule has 0 saturated carbocycles. The van der Waals surface area contributed by atoms with Crippen LogP contribution in [0.5, 0.6) is 0 Å². The topological polar surface area (TPSA) is 47.4 Å². The minimum atomic E-state index is -0.443. The minimum absolute atomic E-state index is 0.149. The number of rotatable bonds is 1. The van der Waals surface area contributed by atoms with Crippen LogP contribution in [0, 0.1) is 0 Å². The monoisotopic (exact) mass is 289 g/mol. The van der Waals surface area contributed by atoms with Crippen molar-refractivity contribution in [3.05, 3.63) is 24.0 Å². The lowest BCUT2D eigenvalue weighted by Gasteiger charge is -2.35. The molecule has 2 unspecified atom stereocenters. The molecule has 3 rings (SSSR count). The highest BCUT2D eigenvalue weighted by atomic mass is 16.6. The number of carbonyl (C=O) groups is 1. The number of amides is 1. The van der Waals surface area contributed by atoms with Gasteiger partial charge in [-0.2, -0.15) is 5.10 Å². The van der Waals surface area contributed by atoms with Gasteiger partial charge in [0, 0.05) is 19.3 Å². The summed E-state index contributed by atoms with van der Waals surface area (Å²) in [7, 11) is 1.93. The van der Waals surface area contributed by atoms with E-state index in [4.69, 9.17) is 4.74 Å². The van der Waals surface area contributed by atoms with Gasteiger partial charge in [0.1, 0.15) is 5.60 Å². The highest BCUT2D eigenvalue weighted by Gasteiger charge is 2.41. The number of aromatic nitrogens is 2. The second-order valence-corrected chi connectivity index (χ2v) is 6.96. The van der Waals surface area contributed by atoms with Gasteiger partial charge in [-0.15, -0.1) is 0 Å². The van der Waals surface area contributed by atoms with Gasteiger partial charge in [-0.3, -0.25) is 9.58 Å². The van der Waals surface area contributed by atoms with Crippen molar-refractivity contribution in [1.82, 2.24) is 14.7 Å². The number of hydrogen-bond acceptors (Lipinski definition) is 3. The predicted molar refractivity (Wildman–Crippen MR) is 80.7 cm³/mol. The van der Waals surface area contributed by atoms with E-state index in [1.165, 1.54) is 5.57 Å². The maximum Gasteiger partial charge on any atom is 0.411 e. The van der Waals surface area contributed by atoms with Crippen molar-refractivity contribution < 1.29 is 9.53 Å². The summed E-state index contributed by atoms with van der Waals surface area (Å²) in [4.78, 5) is 14.3. The van der Waals surface area contributed by atoms with Crippen LogP contribution in [0.4, 0.5) is 4.79 Å². The summed E-state index contributed by atoms with van der Waals surface area (Å²) in [5, 5.41) is 4.47. The van der Waals surface area contributed by atoms with Crippen LogP contribution >= 0.6 is 0 Å². The van der Waals surface area contributed by atoms with Crippen molar-refractivity contribution in [2.45, 2.75) is 57.7 Å². The van der Waals surface area contributed by atoms with Crippen molar-refractivity contribution in [3.8, 4) is 0 Å². The Morgan fingerprint density at radius 1 is 1.38 bits per heavy atom. The van der Waals surface area contributed by atoms with E-state index in [2.05, 4.69) is 11.2 Å². The van der Waals surface area contributed by atoms with Crippen LogP contribution in [0.1, 0.15) is 45.7 Å². The van der Waals surface area contributed by atoms with Crippen molar-refractivity contribution in [1.29, 1.82) is 0 Å². The van der Waals surface area contributed by atoms with E-state index >= 15 is 0 Å². The molecule has 0 N–H and O–H groups in total. The predicted octanol–water partition coefficient (Wildman–Crippen LogP) is 2.98. The summed E-state index contributed by atoms with van der Waals surface area (Å²) in [6.45, 7) is 5.73. The Balaban J connectivity index is 1.80. The van der Waals surface area contributed by atoms with E-state index < -0.39 is 5.60 Å². The third-order valence-electron chi connectivity index (χ3n) is 4.04. The molecule has 1 aromatic heterocycles. The Labute approximate surface area is 125 Å². The summed E-state index contributed by atoms with van der Waals surface area (Å²) in [6, 6.07) is 2.43. The second kappa shape index (κ2) is 4.90. The number of ether oxygens (including phenoxy) is 1. The molecule has 0 aliphatic carbocycles. The summed E-state index contributed by atoms with van der Waals surface area (Å²) < 4.78 is 7.36. The van der Waals surface area contributed by atoms with E-state index in [1.807, 2.05) is 49.7 Å². The molecule has 1 saturated heterocycles. The highest BCUT2D eigenvalue weighted by molar-refractivity contribution is 5.74. The maximum absolute atomic E-state index is 12.4. The molecule has 21 heavy (non-hydrogen) atoms. The largest absolute Gasteiger partial charge is 0.444 e. The SMILES string of the molecule is Cn1ccc(C2=CC3CCC(C2)N3C(=O)OC(C)(C)C)n1. The van der Waals surface area contributed by atoms with Gasteiger partial charge < -0.3 is 4.74 Å². The number of fused-ring (bicyclic) bond motifs is 2. The zero-order valence-electron chi connectivity index (χ0n) is 13.2. The normalized spacial score (nSPS) is 25.0. The van der Waals surface area contributed by atoms with Crippen LogP contribution in [0.2, 0.25) is 0 Å². The Bertz CT molecular complexity index is 583. The molecular formula is C16H23N3O2. The first-order valence-corrected chi connectivity index (χ1v) is 7.55. The summed E-state index contributed by atoms with van der Waals surface area (Å²) in [5.41, 5.74) is 1.84. The summed E-state index contributed by atoms with van der Waals surface area (Å²) in [6.07, 6.45) is 6.88. The van der Waals surface area contributed by atoms with Crippen molar-refractivity contribution in [3.63, 3.8) is 0 Å². The number of hydrogen-bond donors (Lipinski definition) is 0. The third kappa shape index (κ3) is 2.82. The fourth-order valence-electron chi connectivity index (χ4n) is 3.21. The highest BCUT2D eigenvalue weighted by Crippen LogP contribution is 2.38. The quantitative estimate of drug-likeness (QED) is 0.798. The summed E-state index contributed by atoms with van der Waals surface area (Å²) in [5.74, 6) is 0. The summed E-state index contributed by atoms with van der Waals surface area (Å²) >= 11 is 0. The van der Waals surface area contributed by atoms with Crippen molar-refractivity contribution in [2.75, 3.05) is 0 Å². The number of carbonyl (C=O) groups excluding carboxylic acids is 1. The van der Waals surface area contributed by atoms with Gasteiger partial charge in [0.2, 0.25) is 0 Å².